The van der Waals surface area contributed by atoms with E-state index in [4.69, 9.17) is 5.11 Å². The van der Waals surface area contributed by atoms with Gasteiger partial charge in [-0.3, -0.25) is 0 Å². The molecule has 2 aliphatic rings. The largest absolute Gasteiger partial charge is 0.480 e. The summed E-state index contributed by atoms with van der Waals surface area (Å²) >= 11 is 0. The lowest BCUT2D eigenvalue weighted by atomic mass is 10.1. The Morgan fingerprint density at radius 1 is 1.33 bits per heavy atom. The summed E-state index contributed by atoms with van der Waals surface area (Å²) in [5.41, 5.74) is -0.678. The Bertz CT molecular complexity index is 478. The average molecular weight is 308 g/mol. The van der Waals surface area contributed by atoms with Gasteiger partial charge in [0, 0.05) is 31.6 Å². The van der Waals surface area contributed by atoms with Crippen LogP contribution in [0.25, 0.3) is 0 Å². The number of alkyl halides is 3. The normalized spacial score (nSPS) is 26.8. The molecule has 0 aliphatic carbocycles. The van der Waals surface area contributed by atoms with Gasteiger partial charge in [0.05, 0.1) is 6.10 Å². The third kappa shape index (κ3) is 3.29. The molecule has 2 N–H and O–H groups in total. The zero-order chi connectivity index (χ0) is 15.8. The fourth-order valence-electron chi connectivity index (χ4n) is 2.54. The van der Waals surface area contributed by atoms with E-state index in [1.807, 2.05) is 0 Å². The number of carbonyl (C=O) groups is 2. The first-order valence-corrected chi connectivity index (χ1v) is 6.42. The van der Waals surface area contributed by atoms with Crippen LogP contribution in [0.3, 0.4) is 0 Å². The number of rotatable bonds is 1. The number of carboxylic acid groups (broad SMARTS) is 1. The highest BCUT2D eigenvalue weighted by Gasteiger charge is 2.42. The van der Waals surface area contributed by atoms with Crippen molar-refractivity contribution in [1.29, 1.82) is 0 Å². The number of aliphatic hydroxyl groups is 1. The standard InChI is InChI=1S/C12H15F3N2O4/c13-12(14,15)7-1-3-16(4-2-7)11(21)17-6-8(18)5-9(17)10(19)20/h1,8-9,18H,2-6H2,(H,19,20). The first-order chi connectivity index (χ1) is 9.70. The van der Waals surface area contributed by atoms with Crippen molar-refractivity contribution in [3.63, 3.8) is 0 Å². The molecule has 2 atom stereocenters. The number of β-amino-alcohol motifs (C(OH)–C–C–N with tert-alkyl or cyclic N) is 1. The van der Waals surface area contributed by atoms with Gasteiger partial charge in [0.1, 0.15) is 6.04 Å². The minimum atomic E-state index is -4.40. The topological polar surface area (TPSA) is 81.1 Å². The Kier molecular flexibility index (Phi) is 4.13. The second kappa shape index (κ2) is 5.55. The lowest BCUT2D eigenvalue weighted by molar-refractivity contribution is -0.141. The van der Waals surface area contributed by atoms with Gasteiger partial charge in [-0.1, -0.05) is 6.08 Å². The van der Waals surface area contributed by atoms with Gasteiger partial charge in [0.15, 0.2) is 0 Å². The molecule has 118 valence electrons. The molecule has 1 saturated heterocycles. The van der Waals surface area contributed by atoms with E-state index >= 15 is 0 Å². The van der Waals surface area contributed by atoms with Crippen molar-refractivity contribution in [2.24, 2.45) is 0 Å². The van der Waals surface area contributed by atoms with E-state index in [0.717, 1.165) is 15.9 Å². The van der Waals surface area contributed by atoms with Crippen LogP contribution in [0.5, 0.6) is 0 Å². The third-order valence-corrected chi connectivity index (χ3v) is 3.65. The number of amides is 2. The van der Waals surface area contributed by atoms with E-state index in [1.54, 1.807) is 0 Å². The second-order valence-corrected chi connectivity index (χ2v) is 5.10. The van der Waals surface area contributed by atoms with Gasteiger partial charge in [-0.25, -0.2) is 9.59 Å². The first kappa shape index (κ1) is 15.6. The Labute approximate surface area is 118 Å². The van der Waals surface area contributed by atoms with Gasteiger partial charge in [-0.15, -0.1) is 0 Å². The molecule has 0 spiro atoms. The molecule has 21 heavy (non-hydrogen) atoms. The van der Waals surface area contributed by atoms with E-state index in [0.29, 0.717) is 0 Å². The number of carbonyl (C=O) groups excluding carboxylic acids is 1. The quantitative estimate of drug-likeness (QED) is 0.703. The van der Waals surface area contributed by atoms with Crippen LogP contribution in [0.2, 0.25) is 0 Å². The Hall–Kier alpha value is -1.77. The molecule has 0 aromatic rings. The minimum Gasteiger partial charge on any atom is -0.480 e. The van der Waals surface area contributed by atoms with Crippen LogP contribution >= 0.6 is 0 Å². The molecule has 0 aromatic heterocycles. The lowest BCUT2D eigenvalue weighted by Crippen LogP contribution is -2.49. The maximum atomic E-state index is 12.5. The van der Waals surface area contributed by atoms with Gasteiger partial charge in [-0.2, -0.15) is 13.2 Å². The lowest BCUT2D eigenvalue weighted by Gasteiger charge is -2.32. The van der Waals surface area contributed by atoms with Crippen molar-refractivity contribution in [3.8, 4) is 0 Å². The maximum absolute atomic E-state index is 12.5. The van der Waals surface area contributed by atoms with Crippen LogP contribution in [0.15, 0.2) is 11.6 Å². The predicted octanol–water partition coefficient (Wildman–Crippen LogP) is 0.821. The highest BCUT2D eigenvalue weighted by atomic mass is 19.4. The minimum absolute atomic E-state index is 0.0709. The molecule has 1 fully saturated rings. The molecule has 2 aliphatic heterocycles. The van der Waals surface area contributed by atoms with Crippen molar-refractivity contribution < 1.29 is 33.0 Å². The third-order valence-electron chi connectivity index (χ3n) is 3.65. The molecule has 2 unspecified atom stereocenters. The van der Waals surface area contributed by atoms with Crippen molar-refractivity contribution >= 4 is 12.0 Å². The summed E-state index contributed by atoms with van der Waals surface area (Å²) in [6.07, 6.45) is -4.78. The second-order valence-electron chi connectivity index (χ2n) is 5.10. The summed E-state index contributed by atoms with van der Waals surface area (Å²) in [6.45, 7) is -0.460. The van der Waals surface area contributed by atoms with Crippen LogP contribution < -0.4 is 0 Å². The van der Waals surface area contributed by atoms with Crippen molar-refractivity contribution in [2.75, 3.05) is 19.6 Å². The highest BCUT2D eigenvalue weighted by Crippen LogP contribution is 2.30. The number of carboxylic acids is 1. The molecule has 2 heterocycles. The van der Waals surface area contributed by atoms with E-state index in [9.17, 15) is 27.9 Å². The number of aliphatic hydroxyl groups excluding tert-OH is 1. The fourth-order valence-corrected chi connectivity index (χ4v) is 2.54. The molecular formula is C12H15F3N2O4. The monoisotopic (exact) mass is 308 g/mol. The van der Waals surface area contributed by atoms with E-state index < -0.39 is 35.9 Å². The molecule has 0 saturated carbocycles. The Morgan fingerprint density at radius 3 is 2.48 bits per heavy atom. The zero-order valence-corrected chi connectivity index (χ0v) is 11.0. The van der Waals surface area contributed by atoms with Gasteiger partial charge < -0.3 is 20.0 Å². The van der Waals surface area contributed by atoms with Crippen molar-refractivity contribution in [3.05, 3.63) is 11.6 Å². The zero-order valence-electron chi connectivity index (χ0n) is 11.0. The van der Waals surface area contributed by atoms with Gasteiger partial charge in [-0.05, 0) is 6.42 Å². The van der Waals surface area contributed by atoms with Crippen molar-refractivity contribution in [1.82, 2.24) is 9.80 Å². The average Bonchev–Trinajstić information content (AvgIpc) is 2.79. The molecule has 6 nitrogen and oxygen atoms in total. The molecule has 9 heteroatoms. The Balaban J connectivity index is 2.05. The molecule has 0 bridgehead atoms. The number of hydrogen-bond acceptors (Lipinski definition) is 3. The van der Waals surface area contributed by atoms with Gasteiger partial charge in [0.25, 0.3) is 0 Å². The number of nitrogens with zero attached hydrogens (tertiary/aromatic N) is 2. The van der Waals surface area contributed by atoms with E-state index in [1.165, 1.54) is 0 Å². The first-order valence-electron chi connectivity index (χ1n) is 6.42. The predicted molar refractivity (Wildman–Crippen MR) is 64.5 cm³/mol. The highest BCUT2D eigenvalue weighted by molar-refractivity contribution is 5.83. The van der Waals surface area contributed by atoms with Crippen LogP contribution in [-0.2, 0) is 4.79 Å². The number of urea groups is 1. The molecule has 2 amide bonds. The fraction of sp³-hybridized carbons (Fsp3) is 0.667. The smallest absolute Gasteiger partial charge is 0.412 e. The van der Waals surface area contributed by atoms with Crippen LogP contribution in [0.1, 0.15) is 12.8 Å². The van der Waals surface area contributed by atoms with E-state index in [-0.39, 0.29) is 32.5 Å². The van der Waals surface area contributed by atoms with E-state index in [2.05, 4.69) is 0 Å². The number of aliphatic carboxylic acids is 1. The summed E-state index contributed by atoms with van der Waals surface area (Å²) in [6, 6.07) is -1.79. The van der Waals surface area contributed by atoms with Crippen LogP contribution in [0.4, 0.5) is 18.0 Å². The molecular weight excluding hydrogens is 293 g/mol. The summed E-state index contributed by atoms with van der Waals surface area (Å²) in [7, 11) is 0. The molecule has 0 radical (unpaired) electrons. The summed E-state index contributed by atoms with van der Waals surface area (Å²) in [4.78, 5) is 25.4. The van der Waals surface area contributed by atoms with Crippen molar-refractivity contribution in [2.45, 2.75) is 31.2 Å². The number of likely N-dealkylation sites (tertiary alicyclic amines) is 1. The molecule has 0 aromatic carbocycles. The SMILES string of the molecule is O=C(O)C1CC(O)CN1C(=O)N1CC=C(C(F)(F)F)CC1. The van der Waals surface area contributed by atoms with Gasteiger partial charge >= 0.3 is 18.2 Å². The summed E-state index contributed by atoms with van der Waals surface area (Å²) in [5.74, 6) is -1.23. The van der Waals surface area contributed by atoms with Gasteiger partial charge in [0.2, 0.25) is 0 Å². The van der Waals surface area contributed by atoms with Crippen LogP contribution in [-0.4, -0.2) is 70.0 Å². The summed E-state index contributed by atoms with van der Waals surface area (Å²) < 4.78 is 37.5. The number of hydrogen-bond donors (Lipinski definition) is 2. The Morgan fingerprint density at radius 2 is 2.00 bits per heavy atom. The molecule has 2 rings (SSSR count). The summed E-state index contributed by atoms with van der Waals surface area (Å²) in [5, 5.41) is 18.5. The number of halogens is 3. The maximum Gasteiger partial charge on any atom is 0.412 e. The van der Waals surface area contributed by atoms with Crippen LogP contribution in [0, 0.1) is 0 Å².